The highest BCUT2D eigenvalue weighted by atomic mass is 19.4. The number of amides is 1. The minimum atomic E-state index is -4.31. The van der Waals surface area contributed by atoms with Gasteiger partial charge in [0.25, 0.3) is 0 Å². The Balaban J connectivity index is 1.63. The topological polar surface area (TPSA) is 66.3 Å². The standard InChI is InChI=1S/C18H20F3N5O/c1-2-11-9-25(16(27)3-5-18(19,20)21)10-12(11)14-7-23-15-8-24-17-13(26(14)15)4-6-22-17/h4,6-8,11-12,22H,2-3,5,9-10H2,1H3/t11-,12+/m1/s1. The van der Waals surface area contributed by atoms with E-state index in [9.17, 15) is 18.0 Å². The molecule has 1 saturated heterocycles. The Morgan fingerprint density at radius 1 is 1.30 bits per heavy atom. The van der Waals surface area contributed by atoms with Gasteiger partial charge in [0.2, 0.25) is 5.91 Å². The molecule has 1 aliphatic rings. The van der Waals surface area contributed by atoms with Crippen molar-refractivity contribution in [2.75, 3.05) is 13.1 Å². The van der Waals surface area contributed by atoms with E-state index in [0.29, 0.717) is 18.7 Å². The van der Waals surface area contributed by atoms with Crippen molar-refractivity contribution >= 4 is 22.7 Å². The zero-order valence-electron chi connectivity index (χ0n) is 14.8. The van der Waals surface area contributed by atoms with Gasteiger partial charge in [0.05, 0.1) is 18.1 Å². The molecule has 0 saturated carbocycles. The zero-order valence-corrected chi connectivity index (χ0v) is 14.8. The first-order valence-electron chi connectivity index (χ1n) is 9.01. The van der Waals surface area contributed by atoms with Crippen LogP contribution in [0.3, 0.4) is 0 Å². The number of hydrogen-bond acceptors (Lipinski definition) is 3. The number of halogens is 3. The lowest BCUT2D eigenvalue weighted by molar-refractivity contribution is -0.148. The van der Waals surface area contributed by atoms with Crippen LogP contribution >= 0.6 is 0 Å². The highest BCUT2D eigenvalue weighted by Gasteiger charge is 2.38. The highest BCUT2D eigenvalue weighted by molar-refractivity contribution is 5.77. The second-order valence-electron chi connectivity index (χ2n) is 7.04. The van der Waals surface area contributed by atoms with E-state index in [4.69, 9.17) is 0 Å². The fraction of sp³-hybridized carbons (Fsp3) is 0.500. The number of alkyl halides is 3. The lowest BCUT2D eigenvalue weighted by atomic mass is 9.91. The third-order valence-corrected chi connectivity index (χ3v) is 5.39. The van der Waals surface area contributed by atoms with Gasteiger partial charge in [-0.05, 0) is 12.0 Å². The predicted octanol–water partition coefficient (Wildman–Crippen LogP) is 3.51. The number of nitrogens with one attached hydrogen (secondary N) is 1. The zero-order chi connectivity index (χ0) is 19.2. The lowest BCUT2D eigenvalue weighted by Crippen LogP contribution is -2.30. The molecule has 3 aromatic heterocycles. The fourth-order valence-electron chi connectivity index (χ4n) is 3.98. The molecule has 0 spiro atoms. The smallest absolute Gasteiger partial charge is 0.345 e. The molecule has 1 amide bonds. The van der Waals surface area contributed by atoms with Crippen molar-refractivity contribution in [1.82, 2.24) is 24.3 Å². The molecule has 1 aliphatic heterocycles. The minimum Gasteiger partial charge on any atom is -0.345 e. The Morgan fingerprint density at radius 3 is 2.85 bits per heavy atom. The first-order chi connectivity index (χ1) is 12.9. The van der Waals surface area contributed by atoms with E-state index in [0.717, 1.165) is 23.3 Å². The van der Waals surface area contributed by atoms with Crippen LogP contribution in [-0.4, -0.2) is 49.4 Å². The normalized spacial score (nSPS) is 20.8. The van der Waals surface area contributed by atoms with Crippen molar-refractivity contribution in [2.45, 2.75) is 38.3 Å². The van der Waals surface area contributed by atoms with Crippen molar-refractivity contribution in [3.63, 3.8) is 0 Å². The van der Waals surface area contributed by atoms with Crippen LogP contribution in [0.15, 0.2) is 24.7 Å². The minimum absolute atomic E-state index is 0.0281. The molecule has 2 atom stereocenters. The molecule has 0 radical (unpaired) electrons. The Hall–Kier alpha value is -2.58. The SMILES string of the molecule is CC[C@@H]1CN(C(=O)CCC(F)(F)F)C[C@@H]1c1cnc2cnc3[nH]ccc3n12. The number of nitrogens with zero attached hydrogens (tertiary/aromatic N) is 4. The first-order valence-corrected chi connectivity index (χ1v) is 9.01. The van der Waals surface area contributed by atoms with E-state index >= 15 is 0 Å². The number of fused-ring (bicyclic) bond motifs is 3. The largest absolute Gasteiger partial charge is 0.389 e. The van der Waals surface area contributed by atoms with Crippen LogP contribution in [-0.2, 0) is 4.79 Å². The van der Waals surface area contributed by atoms with Gasteiger partial charge in [-0.25, -0.2) is 9.97 Å². The van der Waals surface area contributed by atoms with Gasteiger partial charge in [-0.2, -0.15) is 13.2 Å². The molecule has 3 aromatic rings. The van der Waals surface area contributed by atoms with Gasteiger partial charge in [0.1, 0.15) is 0 Å². The van der Waals surface area contributed by atoms with Gasteiger partial charge in [0, 0.05) is 43.5 Å². The summed E-state index contributed by atoms with van der Waals surface area (Å²) in [6.45, 7) is 2.93. The maximum absolute atomic E-state index is 12.4. The van der Waals surface area contributed by atoms with Crippen LogP contribution in [0.25, 0.3) is 16.8 Å². The highest BCUT2D eigenvalue weighted by Crippen LogP contribution is 2.36. The summed E-state index contributed by atoms with van der Waals surface area (Å²) < 4.78 is 39.4. The van der Waals surface area contributed by atoms with Crippen molar-refractivity contribution in [1.29, 1.82) is 0 Å². The molecule has 0 aromatic carbocycles. The Kier molecular flexibility index (Phi) is 4.32. The Labute approximate surface area is 153 Å². The molecule has 0 unspecified atom stereocenters. The second-order valence-corrected chi connectivity index (χ2v) is 7.04. The number of likely N-dealkylation sites (tertiary alicyclic amines) is 1. The maximum atomic E-state index is 12.4. The van der Waals surface area contributed by atoms with E-state index in [1.54, 1.807) is 23.5 Å². The van der Waals surface area contributed by atoms with Crippen molar-refractivity contribution in [3.05, 3.63) is 30.4 Å². The number of H-pyrrole nitrogens is 1. The number of carbonyl (C=O) groups is 1. The second kappa shape index (κ2) is 6.54. The van der Waals surface area contributed by atoms with Gasteiger partial charge < -0.3 is 9.88 Å². The van der Waals surface area contributed by atoms with Crippen LogP contribution in [0, 0.1) is 5.92 Å². The summed E-state index contributed by atoms with van der Waals surface area (Å²) in [5, 5.41) is 0. The Morgan fingerprint density at radius 2 is 2.11 bits per heavy atom. The van der Waals surface area contributed by atoms with Crippen LogP contribution in [0.5, 0.6) is 0 Å². The molecule has 144 valence electrons. The van der Waals surface area contributed by atoms with Crippen molar-refractivity contribution < 1.29 is 18.0 Å². The summed E-state index contributed by atoms with van der Waals surface area (Å²) >= 11 is 0. The summed E-state index contributed by atoms with van der Waals surface area (Å²) in [7, 11) is 0. The van der Waals surface area contributed by atoms with Gasteiger partial charge in [-0.1, -0.05) is 13.3 Å². The van der Waals surface area contributed by atoms with Crippen LogP contribution in [0.4, 0.5) is 13.2 Å². The van der Waals surface area contributed by atoms with E-state index in [1.807, 2.05) is 17.4 Å². The number of hydrogen-bond donors (Lipinski definition) is 1. The molecule has 9 heteroatoms. The van der Waals surface area contributed by atoms with Gasteiger partial charge >= 0.3 is 6.18 Å². The number of rotatable bonds is 4. The van der Waals surface area contributed by atoms with Gasteiger partial charge in [-0.15, -0.1) is 0 Å². The molecule has 6 nitrogen and oxygen atoms in total. The van der Waals surface area contributed by atoms with E-state index in [1.165, 1.54) is 0 Å². The lowest BCUT2D eigenvalue weighted by Gasteiger charge is -2.17. The van der Waals surface area contributed by atoms with Crippen LogP contribution in [0.1, 0.15) is 37.8 Å². The summed E-state index contributed by atoms with van der Waals surface area (Å²) in [6.07, 6.45) is 0.237. The Bertz CT molecular complexity index is 976. The number of aromatic amines is 1. The molecule has 4 rings (SSSR count). The number of carbonyl (C=O) groups excluding carboxylic acids is 1. The first kappa shape index (κ1) is 17.8. The number of aromatic nitrogens is 4. The summed E-state index contributed by atoms with van der Waals surface area (Å²) in [5.41, 5.74) is 3.33. The maximum Gasteiger partial charge on any atom is 0.389 e. The molecule has 1 fully saturated rings. The van der Waals surface area contributed by atoms with E-state index in [-0.39, 0.29) is 11.8 Å². The van der Waals surface area contributed by atoms with Crippen molar-refractivity contribution in [2.24, 2.45) is 5.92 Å². The molecule has 0 aliphatic carbocycles. The average Bonchev–Trinajstić information content (AvgIpc) is 3.33. The van der Waals surface area contributed by atoms with E-state index in [2.05, 4.69) is 15.0 Å². The predicted molar refractivity (Wildman–Crippen MR) is 93.2 cm³/mol. The molecular weight excluding hydrogens is 359 g/mol. The van der Waals surface area contributed by atoms with Crippen molar-refractivity contribution in [3.8, 4) is 0 Å². The quantitative estimate of drug-likeness (QED) is 0.754. The van der Waals surface area contributed by atoms with E-state index < -0.39 is 24.9 Å². The average molecular weight is 379 g/mol. The summed E-state index contributed by atoms with van der Waals surface area (Å²) in [4.78, 5) is 25.7. The number of imidazole rings is 1. The molecule has 1 N–H and O–H groups in total. The van der Waals surface area contributed by atoms with Crippen LogP contribution < -0.4 is 0 Å². The summed E-state index contributed by atoms with van der Waals surface area (Å²) in [5.74, 6) is -0.224. The van der Waals surface area contributed by atoms with Crippen LogP contribution in [0.2, 0.25) is 0 Å². The molecule has 27 heavy (non-hydrogen) atoms. The monoisotopic (exact) mass is 379 g/mol. The van der Waals surface area contributed by atoms with Gasteiger partial charge in [0.15, 0.2) is 11.3 Å². The third-order valence-electron chi connectivity index (χ3n) is 5.39. The molecule has 0 bridgehead atoms. The van der Waals surface area contributed by atoms with Gasteiger partial charge in [-0.3, -0.25) is 9.20 Å². The third kappa shape index (κ3) is 3.26. The summed E-state index contributed by atoms with van der Waals surface area (Å²) in [6, 6.07) is 1.92. The fourth-order valence-corrected chi connectivity index (χ4v) is 3.98. The molecular formula is C18H20F3N5O. The molecule has 4 heterocycles.